The molecule has 3 aromatic heterocycles. The van der Waals surface area contributed by atoms with Gasteiger partial charge in [-0.3, -0.25) is 4.79 Å². The van der Waals surface area contributed by atoms with Gasteiger partial charge in [-0.25, -0.2) is 9.97 Å². The Labute approximate surface area is 195 Å². The van der Waals surface area contributed by atoms with E-state index < -0.39 is 5.91 Å². The zero-order valence-corrected chi connectivity index (χ0v) is 20.3. The van der Waals surface area contributed by atoms with Gasteiger partial charge in [-0.05, 0) is 43.5 Å². The molecule has 8 heteroatoms. The Morgan fingerprint density at radius 3 is 2.45 bits per heavy atom. The first-order valence-electron chi connectivity index (χ1n) is 11.0. The van der Waals surface area contributed by atoms with Gasteiger partial charge in [-0.15, -0.1) is 0 Å². The van der Waals surface area contributed by atoms with Crippen molar-refractivity contribution >= 4 is 17.8 Å². The number of hydrogen-bond acceptors (Lipinski definition) is 5. The normalized spacial score (nSPS) is 12.2. The van der Waals surface area contributed by atoms with Crippen LogP contribution in [0.3, 0.4) is 0 Å². The van der Waals surface area contributed by atoms with Gasteiger partial charge in [0.05, 0.1) is 5.69 Å². The van der Waals surface area contributed by atoms with Crippen molar-refractivity contribution in [3.8, 4) is 12.0 Å². The number of aromatic nitrogens is 5. The summed E-state index contributed by atoms with van der Waals surface area (Å²) in [5.74, 6) is 0.720. The standard InChI is InChI=1S/C25H31N7O/c1-16(2)15-31-17(3)11-19(18(31)4)12-20(14-26)23(33)29-22-13-21(25(5,6)7)30-32(22)24-27-9-8-10-28-24/h8-13,16H,15H2,1-7H3,(H,29,33)/b20-12+. The molecule has 33 heavy (non-hydrogen) atoms. The Kier molecular flexibility index (Phi) is 6.82. The van der Waals surface area contributed by atoms with Crippen molar-refractivity contribution < 1.29 is 4.79 Å². The molecule has 3 rings (SSSR count). The van der Waals surface area contributed by atoms with Crippen LogP contribution in [0.2, 0.25) is 0 Å². The SMILES string of the molecule is Cc1cc(/C=C(\C#N)C(=O)Nc2cc(C(C)(C)C)nn2-c2ncccn2)c(C)n1CC(C)C. The molecule has 8 nitrogen and oxygen atoms in total. The molecule has 3 heterocycles. The molecule has 0 spiro atoms. The maximum atomic E-state index is 13.1. The summed E-state index contributed by atoms with van der Waals surface area (Å²) in [5.41, 5.74) is 3.51. The van der Waals surface area contributed by atoms with Crippen LogP contribution in [0.25, 0.3) is 12.0 Å². The Balaban J connectivity index is 1.96. The Hall–Kier alpha value is -3.73. The van der Waals surface area contributed by atoms with E-state index in [9.17, 15) is 10.1 Å². The number of nitrogens with zero attached hydrogens (tertiary/aromatic N) is 6. The van der Waals surface area contributed by atoms with Crippen molar-refractivity contribution in [2.75, 3.05) is 5.32 Å². The number of carbonyl (C=O) groups excluding carboxylic acids is 1. The highest BCUT2D eigenvalue weighted by atomic mass is 16.1. The predicted octanol–water partition coefficient (Wildman–Crippen LogP) is 4.58. The third-order valence-electron chi connectivity index (χ3n) is 5.29. The lowest BCUT2D eigenvalue weighted by atomic mass is 9.92. The van der Waals surface area contributed by atoms with Gasteiger partial charge in [0.25, 0.3) is 11.9 Å². The molecule has 0 aliphatic heterocycles. The third-order valence-corrected chi connectivity index (χ3v) is 5.29. The number of anilines is 1. The summed E-state index contributed by atoms with van der Waals surface area (Å²) in [6.07, 6.45) is 4.86. The fourth-order valence-corrected chi connectivity index (χ4v) is 3.50. The molecule has 0 aromatic carbocycles. The van der Waals surface area contributed by atoms with Gasteiger partial charge < -0.3 is 9.88 Å². The van der Waals surface area contributed by atoms with Gasteiger partial charge >= 0.3 is 0 Å². The van der Waals surface area contributed by atoms with Crippen LogP contribution in [-0.2, 0) is 16.8 Å². The van der Waals surface area contributed by atoms with Crippen molar-refractivity contribution in [1.82, 2.24) is 24.3 Å². The molecule has 0 atom stereocenters. The van der Waals surface area contributed by atoms with E-state index in [-0.39, 0.29) is 11.0 Å². The maximum absolute atomic E-state index is 13.1. The van der Waals surface area contributed by atoms with Crippen molar-refractivity contribution in [3.63, 3.8) is 0 Å². The van der Waals surface area contributed by atoms with E-state index in [0.29, 0.717) is 17.7 Å². The summed E-state index contributed by atoms with van der Waals surface area (Å²) in [6.45, 7) is 15.3. The smallest absolute Gasteiger partial charge is 0.267 e. The van der Waals surface area contributed by atoms with Crippen LogP contribution in [0.15, 0.2) is 36.2 Å². The number of hydrogen-bond donors (Lipinski definition) is 1. The van der Waals surface area contributed by atoms with Crippen LogP contribution in [0.4, 0.5) is 5.82 Å². The Bertz CT molecular complexity index is 1220. The Morgan fingerprint density at radius 1 is 1.21 bits per heavy atom. The minimum Gasteiger partial charge on any atom is -0.348 e. The number of nitrogens with one attached hydrogen (secondary N) is 1. The van der Waals surface area contributed by atoms with E-state index in [1.54, 1.807) is 30.6 Å². The predicted molar refractivity (Wildman–Crippen MR) is 129 cm³/mol. The quantitative estimate of drug-likeness (QED) is 0.442. The van der Waals surface area contributed by atoms with Gasteiger partial charge in [-0.1, -0.05) is 34.6 Å². The molecule has 1 amide bonds. The summed E-state index contributed by atoms with van der Waals surface area (Å²) in [7, 11) is 0. The maximum Gasteiger partial charge on any atom is 0.267 e. The molecule has 1 N–H and O–H groups in total. The number of aryl methyl sites for hydroxylation is 1. The van der Waals surface area contributed by atoms with Gasteiger partial charge in [0.1, 0.15) is 17.5 Å². The second kappa shape index (κ2) is 9.41. The summed E-state index contributed by atoms with van der Waals surface area (Å²) < 4.78 is 3.70. The second-order valence-electron chi connectivity index (χ2n) is 9.58. The minimum atomic E-state index is -0.510. The molecule has 0 unspecified atom stereocenters. The number of amides is 1. The fraction of sp³-hybridized carbons (Fsp3) is 0.400. The van der Waals surface area contributed by atoms with E-state index in [1.165, 1.54) is 4.68 Å². The molecule has 172 valence electrons. The molecule has 0 aliphatic carbocycles. The van der Waals surface area contributed by atoms with E-state index in [4.69, 9.17) is 0 Å². The first kappa shape index (κ1) is 23.9. The van der Waals surface area contributed by atoms with Crippen molar-refractivity contribution in [2.24, 2.45) is 5.92 Å². The van der Waals surface area contributed by atoms with E-state index in [2.05, 4.69) is 38.8 Å². The van der Waals surface area contributed by atoms with Crippen LogP contribution in [0.1, 0.15) is 57.3 Å². The molecule has 0 radical (unpaired) electrons. The lowest BCUT2D eigenvalue weighted by molar-refractivity contribution is -0.112. The van der Waals surface area contributed by atoms with Crippen LogP contribution >= 0.6 is 0 Å². The highest BCUT2D eigenvalue weighted by molar-refractivity contribution is 6.09. The minimum absolute atomic E-state index is 0.0128. The molecule has 0 saturated carbocycles. The molecular formula is C25H31N7O. The zero-order valence-electron chi connectivity index (χ0n) is 20.3. The topological polar surface area (TPSA) is 101 Å². The first-order chi connectivity index (χ1) is 15.5. The lowest BCUT2D eigenvalue weighted by Crippen LogP contribution is -2.17. The molecular weight excluding hydrogens is 414 g/mol. The second-order valence-corrected chi connectivity index (χ2v) is 9.58. The fourth-order valence-electron chi connectivity index (χ4n) is 3.50. The lowest BCUT2D eigenvalue weighted by Gasteiger charge is -2.13. The van der Waals surface area contributed by atoms with Crippen LogP contribution in [0.5, 0.6) is 0 Å². The van der Waals surface area contributed by atoms with Crippen LogP contribution in [-0.4, -0.2) is 30.2 Å². The highest BCUT2D eigenvalue weighted by Gasteiger charge is 2.23. The van der Waals surface area contributed by atoms with Gasteiger partial charge in [0.15, 0.2) is 0 Å². The largest absolute Gasteiger partial charge is 0.348 e. The average Bonchev–Trinajstić information content (AvgIpc) is 3.29. The summed E-state index contributed by atoms with van der Waals surface area (Å²) in [5, 5.41) is 17.2. The van der Waals surface area contributed by atoms with Gasteiger partial charge in [0, 0.05) is 41.8 Å². The summed E-state index contributed by atoms with van der Waals surface area (Å²) in [4.78, 5) is 21.6. The molecule has 0 fully saturated rings. The number of rotatable bonds is 6. The van der Waals surface area contributed by atoms with Crippen molar-refractivity contribution in [3.05, 3.63) is 58.8 Å². The first-order valence-corrected chi connectivity index (χ1v) is 11.0. The molecule has 0 saturated heterocycles. The van der Waals surface area contributed by atoms with Gasteiger partial charge in [-0.2, -0.15) is 15.0 Å². The Morgan fingerprint density at radius 2 is 1.88 bits per heavy atom. The van der Waals surface area contributed by atoms with Crippen LogP contribution < -0.4 is 5.32 Å². The van der Waals surface area contributed by atoms with E-state index in [1.807, 2.05) is 46.8 Å². The van der Waals surface area contributed by atoms with E-state index >= 15 is 0 Å². The summed E-state index contributed by atoms with van der Waals surface area (Å²) >= 11 is 0. The molecule has 0 aliphatic rings. The van der Waals surface area contributed by atoms with Gasteiger partial charge in [0.2, 0.25) is 0 Å². The van der Waals surface area contributed by atoms with Crippen LogP contribution in [0, 0.1) is 31.1 Å². The third kappa shape index (κ3) is 5.37. The molecule has 3 aromatic rings. The monoisotopic (exact) mass is 445 g/mol. The number of nitriles is 1. The van der Waals surface area contributed by atoms with Crippen molar-refractivity contribution in [2.45, 2.75) is 60.4 Å². The zero-order chi connectivity index (χ0) is 24.3. The average molecular weight is 446 g/mol. The molecule has 0 bridgehead atoms. The number of carbonyl (C=O) groups is 1. The van der Waals surface area contributed by atoms with Crippen molar-refractivity contribution in [1.29, 1.82) is 5.26 Å². The summed E-state index contributed by atoms with van der Waals surface area (Å²) in [6, 6.07) is 7.54. The van der Waals surface area contributed by atoms with E-state index in [0.717, 1.165) is 29.2 Å². The highest BCUT2D eigenvalue weighted by Crippen LogP contribution is 2.26.